The van der Waals surface area contributed by atoms with Gasteiger partial charge in [0.1, 0.15) is 17.1 Å². The van der Waals surface area contributed by atoms with Gasteiger partial charge in [0, 0.05) is 36.6 Å². The van der Waals surface area contributed by atoms with Crippen LogP contribution in [-0.2, 0) is 10.3 Å². The summed E-state index contributed by atoms with van der Waals surface area (Å²) in [4.78, 5) is 4.33. The standard InChI is InChI=1S/C19H31N3O3.HI/c1-11-9-14(12(2)25-11)19(5,23)10-21-17(20-6)22-15-13-7-8-24-16(13)18(15,3)4;/h9,13,15-16,23H,7-8,10H2,1-6H3,(H2,20,21,22);1H. The minimum atomic E-state index is -1.03. The molecule has 4 atom stereocenters. The maximum Gasteiger partial charge on any atom is 0.191 e. The van der Waals surface area contributed by atoms with Gasteiger partial charge in [0.25, 0.3) is 0 Å². The fourth-order valence-corrected chi connectivity index (χ4v) is 4.48. The molecule has 1 aliphatic heterocycles. The van der Waals surface area contributed by atoms with Gasteiger partial charge in [0.15, 0.2) is 5.96 Å². The van der Waals surface area contributed by atoms with Crippen molar-refractivity contribution < 1.29 is 14.3 Å². The summed E-state index contributed by atoms with van der Waals surface area (Å²) in [5.74, 6) is 2.80. The molecule has 2 heterocycles. The molecule has 1 aliphatic carbocycles. The molecule has 1 aromatic rings. The molecule has 0 radical (unpaired) electrons. The topological polar surface area (TPSA) is 79.0 Å². The maximum atomic E-state index is 10.9. The van der Waals surface area contributed by atoms with E-state index in [0.717, 1.165) is 30.1 Å². The van der Waals surface area contributed by atoms with E-state index < -0.39 is 5.60 Å². The van der Waals surface area contributed by atoms with Crippen LogP contribution in [0.3, 0.4) is 0 Å². The first-order chi connectivity index (χ1) is 11.7. The van der Waals surface area contributed by atoms with Crippen LogP contribution in [-0.4, -0.2) is 43.4 Å². The van der Waals surface area contributed by atoms with Crippen molar-refractivity contribution in [3.05, 3.63) is 23.2 Å². The van der Waals surface area contributed by atoms with Crippen LogP contribution in [0.5, 0.6) is 0 Å². The molecule has 1 aromatic heterocycles. The molecule has 4 unspecified atom stereocenters. The number of nitrogens with zero attached hydrogens (tertiary/aromatic N) is 1. The minimum absolute atomic E-state index is 0. The summed E-state index contributed by atoms with van der Waals surface area (Å²) in [6, 6.07) is 2.22. The second kappa shape index (κ2) is 7.67. The second-order valence-corrected chi connectivity index (χ2v) is 8.21. The third-order valence-corrected chi connectivity index (χ3v) is 5.84. The molecule has 3 N–H and O–H groups in total. The van der Waals surface area contributed by atoms with Gasteiger partial charge in [-0.1, -0.05) is 13.8 Å². The van der Waals surface area contributed by atoms with Gasteiger partial charge in [0.05, 0.1) is 12.6 Å². The van der Waals surface area contributed by atoms with Gasteiger partial charge in [-0.15, -0.1) is 24.0 Å². The molecule has 0 aromatic carbocycles. The van der Waals surface area contributed by atoms with Crippen LogP contribution >= 0.6 is 24.0 Å². The number of hydrogen-bond acceptors (Lipinski definition) is 4. The van der Waals surface area contributed by atoms with Gasteiger partial charge in [-0.3, -0.25) is 4.99 Å². The van der Waals surface area contributed by atoms with Crippen molar-refractivity contribution >= 4 is 29.9 Å². The van der Waals surface area contributed by atoms with Crippen LogP contribution in [0.25, 0.3) is 0 Å². The van der Waals surface area contributed by atoms with Gasteiger partial charge < -0.3 is 24.9 Å². The van der Waals surface area contributed by atoms with Crippen molar-refractivity contribution in [3.63, 3.8) is 0 Å². The predicted octanol–water partition coefficient (Wildman–Crippen LogP) is 2.70. The van der Waals surface area contributed by atoms with Crippen LogP contribution in [0.4, 0.5) is 0 Å². The lowest BCUT2D eigenvalue weighted by Crippen LogP contribution is -2.68. The van der Waals surface area contributed by atoms with Crippen molar-refractivity contribution in [3.8, 4) is 0 Å². The van der Waals surface area contributed by atoms with Gasteiger partial charge in [0.2, 0.25) is 0 Å². The summed E-state index contributed by atoms with van der Waals surface area (Å²) >= 11 is 0. The van der Waals surface area contributed by atoms with Gasteiger partial charge in [-0.05, 0) is 33.3 Å². The Balaban J connectivity index is 0.00000243. The van der Waals surface area contributed by atoms with E-state index in [-0.39, 0.29) is 29.4 Å². The van der Waals surface area contributed by atoms with E-state index in [9.17, 15) is 5.11 Å². The fourth-order valence-electron chi connectivity index (χ4n) is 4.48. The van der Waals surface area contributed by atoms with E-state index in [1.807, 2.05) is 19.9 Å². The molecule has 7 heteroatoms. The third-order valence-electron chi connectivity index (χ3n) is 5.84. The number of furan rings is 1. The zero-order valence-electron chi connectivity index (χ0n) is 16.5. The van der Waals surface area contributed by atoms with E-state index in [0.29, 0.717) is 30.6 Å². The lowest BCUT2D eigenvalue weighted by atomic mass is 9.57. The molecule has 3 rings (SSSR count). The zero-order valence-corrected chi connectivity index (χ0v) is 18.9. The van der Waals surface area contributed by atoms with E-state index in [1.54, 1.807) is 14.0 Å². The number of ether oxygens (including phenoxy) is 1. The third kappa shape index (κ3) is 3.75. The Morgan fingerprint density at radius 3 is 2.69 bits per heavy atom. The monoisotopic (exact) mass is 477 g/mol. The minimum Gasteiger partial charge on any atom is -0.466 e. The fraction of sp³-hybridized carbons (Fsp3) is 0.737. The number of hydrogen-bond donors (Lipinski definition) is 3. The summed E-state index contributed by atoms with van der Waals surface area (Å²) in [5.41, 5.74) is -0.145. The Labute approximate surface area is 173 Å². The average molecular weight is 477 g/mol. The van der Waals surface area contributed by atoms with Gasteiger partial charge in [-0.25, -0.2) is 0 Å². The van der Waals surface area contributed by atoms with Crippen molar-refractivity contribution in [2.75, 3.05) is 20.2 Å². The highest BCUT2D eigenvalue weighted by molar-refractivity contribution is 14.0. The predicted molar refractivity (Wildman–Crippen MR) is 113 cm³/mol. The molecule has 6 nitrogen and oxygen atoms in total. The Hall–Kier alpha value is -0.800. The number of aliphatic imine (C=N–C) groups is 1. The van der Waals surface area contributed by atoms with E-state index >= 15 is 0 Å². The number of fused-ring (bicyclic) bond motifs is 1. The first-order valence-electron chi connectivity index (χ1n) is 9.05. The number of nitrogens with one attached hydrogen (secondary N) is 2. The SMILES string of the molecule is CN=C(NCC(C)(O)c1cc(C)oc1C)NC1C2CCOC2C1(C)C.I. The van der Waals surface area contributed by atoms with E-state index in [4.69, 9.17) is 9.15 Å². The van der Waals surface area contributed by atoms with Crippen LogP contribution in [0.1, 0.15) is 44.3 Å². The number of halogens is 1. The van der Waals surface area contributed by atoms with E-state index in [1.165, 1.54) is 0 Å². The quantitative estimate of drug-likeness (QED) is 0.353. The second-order valence-electron chi connectivity index (χ2n) is 8.21. The Morgan fingerprint density at radius 1 is 1.42 bits per heavy atom. The molecular formula is C19H32IN3O3. The molecule has 0 spiro atoms. The molecular weight excluding hydrogens is 445 g/mol. The van der Waals surface area contributed by atoms with Crippen molar-refractivity contribution in [1.29, 1.82) is 0 Å². The molecule has 2 aliphatic rings. The summed E-state index contributed by atoms with van der Waals surface area (Å²) < 4.78 is 11.4. The lowest BCUT2D eigenvalue weighted by Gasteiger charge is -2.55. The number of guanidine groups is 1. The summed E-state index contributed by atoms with van der Waals surface area (Å²) in [5, 5.41) is 17.7. The summed E-state index contributed by atoms with van der Waals surface area (Å²) in [7, 11) is 1.76. The summed E-state index contributed by atoms with van der Waals surface area (Å²) in [6.45, 7) is 11.2. The highest BCUT2D eigenvalue weighted by Gasteiger charge is 2.59. The maximum absolute atomic E-state index is 10.9. The Kier molecular flexibility index (Phi) is 6.35. The number of aryl methyl sites for hydroxylation is 2. The first kappa shape index (κ1) is 21.5. The Bertz CT molecular complexity index is 669. The van der Waals surface area contributed by atoms with Gasteiger partial charge >= 0.3 is 0 Å². The number of rotatable bonds is 4. The van der Waals surface area contributed by atoms with Crippen LogP contribution in [0.2, 0.25) is 0 Å². The molecule has 1 saturated carbocycles. The highest BCUT2D eigenvalue weighted by atomic mass is 127. The largest absolute Gasteiger partial charge is 0.466 e. The van der Waals surface area contributed by atoms with Crippen LogP contribution < -0.4 is 10.6 Å². The summed E-state index contributed by atoms with van der Waals surface area (Å²) in [6.07, 6.45) is 1.43. The normalized spacial score (nSPS) is 29.2. The lowest BCUT2D eigenvalue weighted by molar-refractivity contribution is -0.106. The van der Waals surface area contributed by atoms with Crippen molar-refractivity contribution in [2.45, 2.75) is 58.8 Å². The van der Waals surface area contributed by atoms with E-state index in [2.05, 4.69) is 29.5 Å². The molecule has 1 saturated heterocycles. The van der Waals surface area contributed by atoms with Crippen molar-refractivity contribution in [2.24, 2.45) is 16.3 Å². The van der Waals surface area contributed by atoms with Crippen molar-refractivity contribution in [1.82, 2.24) is 10.6 Å². The first-order valence-corrected chi connectivity index (χ1v) is 9.05. The number of aliphatic hydroxyl groups is 1. The molecule has 2 fully saturated rings. The van der Waals surface area contributed by atoms with Crippen LogP contribution in [0, 0.1) is 25.2 Å². The average Bonchev–Trinajstić information content (AvgIpc) is 3.12. The van der Waals surface area contributed by atoms with Gasteiger partial charge in [-0.2, -0.15) is 0 Å². The zero-order chi connectivity index (χ0) is 18.4. The highest BCUT2D eigenvalue weighted by Crippen LogP contribution is 2.52. The smallest absolute Gasteiger partial charge is 0.191 e. The molecule has 26 heavy (non-hydrogen) atoms. The molecule has 148 valence electrons. The molecule has 0 amide bonds. The Morgan fingerprint density at radius 2 is 2.12 bits per heavy atom. The molecule has 0 bridgehead atoms. The van der Waals surface area contributed by atoms with Crippen LogP contribution in [0.15, 0.2) is 15.5 Å².